The summed E-state index contributed by atoms with van der Waals surface area (Å²) >= 11 is 0. The van der Waals surface area contributed by atoms with Crippen molar-refractivity contribution < 1.29 is 13.6 Å². The molecule has 1 aromatic heterocycles. The predicted octanol–water partition coefficient (Wildman–Crippen LogP) is 5.60. The van der Waals surface area contributed by atoms with E-state index in [1.54, 1.807) is 17.0 Å². The Labute approximate surface area is 184 Å². The van der Waals surface area contributed by atoms with Gasteiger partial charge in [-0.25, -0.2) is 4.39 Å². The maximum atomic E-state index is 13.7. The van der Waals surface area contributed by atoms with E-state index in [2.05, 4.69) is 0 Å². The van der Waals surface area contributed by atoms with Crippen LogP contribution in [0.2, 0.25) is 0 Å². The Bertz CT molecular complexity index is 1420. The topological polar surface area (TPSA) is 50.5 Å². The van der Waals surface area contributed by atoms with Gasteiger partial charge in [-0.1, -0.05) is 48.0 Å². The Balaban J connectivity index is 1.74. The Hall–Kier alpha value is -3.73. The number of amides is 1. The minimum Gasteiger partial charge on any atom is -0.450 e. The normalized spacial score (nSPS) is 15.4. The summed E-state index contributed by atoms with van der Waals surface area (Å²) in [6.45, 7) is 6.03. The van der Waals surface area contributed by atoms with Crippen molar-refractivity contribution in [2.45, 2.75) is 33.4 Å². The van der Waals surface area contributed by atoms with E-state index in [-0.39, 0.29) is 29.5 Å². The number of hydrogen-bond donors (Lipinski definition) is 0. The number of halogens is 1. The second-order valence-electron chi connectivity index (χ2n) is 8.51. The van der Waals surface area contributed by atoms with Crippen LogP contribution in [-0.2, 0) is 6.54 Å². The quantitative estimate of drug-likeness (QED) is 0.427. The number of benzene rings is 3. The first-order chi connectivity index (χ1) is 15.3. The number of nitrogens with zero attached hydrogens (tertiary/aromatic N) is 1. The number of fused-ring (bicyclic) bond motifs is 2. The molecule has 0 spiro atoms. The average Bonchev–Trinajstić information content (AvgIpc) is 3.03. The standard InChI is InChI=1S/C27H22FNO3/c1-15-4-8-19(9-5-15)23-22-24(30)21-13-16(2)12-17(3)25(21)32-26(22)27(31)29(23)14-18-6-10-20(28)11-7-18/h4-13,23H,14H2,1-3H3. The van der Waals surface area contributed by atoms with E-state index in [1.807, 2.05) is 57.2 Å². The highest BCUT2D eigenvalue weighted by atomic mass is 19.1. The third kappa shape index (κ3) is 3.21. The predicted molar refractivity (Wildman–Crippen MR) is 121 cm³/mol. The van der Waals surface area contributed by atoms with Crippen molar-refractivity contribution in [2.75, 3.05) is 0 Å². The first-order valence-corrected chi connectivity index (χ1v) is 10.5. The molecule has 2 heterocycles. The minimum absolute atomic E-state index is 0.0853. The fourth-order valence-electron chi connectivity index (χ4n) is 4.52. The highest BCUT2D eigenvalue weighted by Gasteiger charge is 2.42. The third-order valence-corrected chi connectivity index (χ3v) is 6.06. The second kappa shape index (κ2) is 7.45. The smallest absolute Gasteiger partial charge is 0.291 e. The molecule has 1 unspecified atom stereocenters. The Morgan fingerprint density at radius 1 is 0.906 bits per heavy atom. The first-order valence-electron chi connectivity index (χ1n) is 10.5. The summed E-state index contributed by atoms with van der Waals surface area (Å²) in [6, 6.07) is 17.0. The van der Waals surface area contributed by atoms with Crippen LogP contribution in [0.3, 0.4) is 0 Å². The molecular formula is C27H22FNO3. The molecule has 0 bridgehead atoms. The van der Waals surface area contributed by atoms with Gasteiger partial charge in [0, 0.05) is 6.54 Å². The van der Waals surface area contributed by atoms with Crippen LogP contribution < -0.4 is 5.43 Å². The lowest BCUT2D eigenvalue weighted by Gasteiger charge is -2.25. The van der Waals surface area contributed by atoms with Crippen molar-refractivity contribution >= 4 is 16.9 Å². The van der Waals surface area contributed by atoms with Gasteiger partial charge in [0.2, 0.25) is 5.76 Å². The summed E-state index contributed by atoms with van der Waals surface area (Å²) < 4.78 is 19.5. The molecular weight excluding hydrogens is 405 g/mol. The van der Waals surface area contributed by atoms with Crippen LogP contribution in [-0.4, -0.2) is 10.8 Å². The average molecular weight is 427 g/mol. The molecule has 1 aliphatic heterocycles. The van der Waals surface area contributed by atoms with Crippen molar-refractivity contribution in [2.24, 2.45) is 0 Å². The van der Waals surface area contributed by atoms with Gasteiger partial charge in [0.1, 0.15) is 11.4 Å². The molecule has 0 aliphatic carbocycles. The molecule has 0 saturated carbocycles. The summed E-state index contributed by atoms with van der Waals surface area (Å²) in [5.74, 6) is -0.593. The van der Waals surface area contributed by atoms with Gasteiger partial charge in [0.25, 0.3) is 5.91 Å². The number of carbonyl (C=O) groups excluding carboxylic acids is 1. The first kappa shape index (κ1) is 20.2. The summed E-state index contributed by atoms with van der Waals surface area (Å²) in [7, 11) is 0. The highest BCUT2D eigenvalue weighted by molar-refractivity contribution is 5.99. The van der Waals surface area contributed by atoms with Crippen molar-refractivity contribution in [1.82, 2.24) is 4.90 Å². The molecule has 1 amide bonds. The van der Waals surface area contributed by atoms with E-state index in [1.165, 1.54) is 12.1 Å². The van der Waals surface area contributed by atoms with Gasteiger partial charge in [0.15, 0.2) is 5.43 Å². The lowest BCUT2D eigenvalue weighted by atomic mass is 9.96. The monoisotopic (exact) mass is 427 g/mol. The molecule has 32 heavy (non-hydrogen) atoms. The number of aryl methyl sites for hydroxylation is 3. The minimum atomic E-state index is -0.579. The largest absolute Gasteiger partial charge is 0.450 e. The van der Waals surface area contributed by atoms with Gasteiger partial charge in [-0.05, 0) is 61.2 Å². The third-order valence-electron chi connectivity index (χ3n) is 6.06. The van der Waals surface area contributed by atoms with Crippen LogP contribution >= 0.6 is 0 Å². The molecule has 0 N–H and O–H groups in total. The summed E-state index contributed by atoms with van der Waals surface area (Å²) in [6.07, 6.45) is 0. The summed E-state index contributed by atoms with van der Waals surface area (Å²) in [5, 5.41) is 0.481. The molecule has 4 nitrogen and oxygen atoms in total. The van der Waals surface area contributed by atoms with Gasteiger partial charge in [-0.2, -0.15) is 0 Å². The van der Waals surface area contributed by atoms with E-state index in [4.69, 9.17) is 4.42 Å². The molecule has 4 aromatic rings. The second-order valence-corrected chi connectivity index (χ2v) is 8.51. The van der Waals surface area contributed by atoms with Gasteiger partial charge >= 0.3 is 0 Å². The maximum absolute atomic E-state index is 13.7. The van der Waals surface area contributed by atoms with Crippen molar-refractivity contribution in [3.8, 4) is 0 Å². The lowest BCUT2D eigenvalue weighted by Crippen LogP contribution is -2.29. The van der Waals surface area contributed by atoms with Crippen LogP contribution in [0.25, 0.3) is 11.0 Å². The Morgan fingerprint density at radius 3 is 2.28 bits per heavy atom. The van der Waals surface area contributed by atoms with Gasteiger partial charge in [0.05, 0.1) is 17.0 Å². The number of carbonyl (C=O) groups is 1. The van der Waals surface area contributed by atoms with E-state index < -0.39 is 6.04 Å². The van der Waals surface area contributed by atoms with Crippen LogP contribution in [0.15, 0.2) is 69.9 Å². The van der Waals surface area contributed by atoms with Crippen molar-refractivity contribution in [3.63, 3.8) is 0 Å². The summed E-state index contributed by atoms with van der Waals surface area (Å²) in [4.78, 5) is 28.8. The van der Waals surface area contributed by atoms with E-state index in [0.29, 0.717) is 16.5 Å². The molecule has 0 fully saturated rings. The Morgan fingerprint density at radius 2 is 1.59 bits per heavy atom. The Kier molecular flexibility index (Phi) is 4.70. The van der Waals surface area contributed by atoms with Gasteiger partial charge in [-0.15, -0.1) is 0 Å². The zero-order valence-corrected chi connectivity index (χ0v) is 18.1. The fraction of sp³-hybridized carbons (Fsp3) is 0.185. The van der Waals surface area contributed by atoms with Crippen molar-refractivity contribution in [3.05, 3.63) is 116 Å². The molecule has 1 atom stereocenters. The zero-order valence-electron chi connectivity index (χ0n) is 18.1. The number of rotatable bonds is 3. The SMILES string of the molecule is Cc1ccc(C2c3c(oc4c(C)cc(C)cc4c3=O)C(=O)N2Cc2ccc(F)cc2)cc1. The van der Waals surface area contributed by atoms with Crippen LogP contribution in [0, 0.1) is 26.6 Å². The van der Waals surface area contributed by atoms with Crippen LogP contribution in [0.1, 0.15) is 50.0 Å². The van der Waals surface area contributed by atoms with E-state index >= 15 is 0 Å². The summed E-state index contributed by atoms with van der Waals surface area (Å²) in [5.41, 5.74) is 5.08. The van der Waals surface area contributed by atoms with Crippen LogP contribution in [0.5, 0.6) is 0 Å². The highest BCUT2D eigenvalue weighted by Crippen LogP contribution is 2.39. The van der Waals surface area contributed by atoms with E-state index in [9.17, 15) is 14.0 Å². The molecule has 5 heteroatoms. The van der Waals surface area contributed by atoms with Crippen LogP contribution in [0.4, 0.5) is 4.39 Å². The molecule has 0 saturated heterocycles. The lowest BCUT2D eigenvalue weighted by molar-refractivity contribution is 0.0714. The maximum Gasteiger partial charge on any atom is 0.291 e. The zero-order chi connectivity index (χ0) is 22.6. The molecule has 3 aromatic carbocycles. The van der Waals surface area contributed by atoms with Gasteiger partial charge in [-0.3, -0.25) is 9.59 Å². The molecule has 0 radical (unpaired) electrons. The fourth-order valence-corrected chi connectivity index (χ4v) is 4.52. The number of hydrogen-bond acceptors (Lipinski definition) is 3. The van der Waals surface area contributed by atoms with Crippen molar-refractivity contribution in [1.29, 1.82) is 0 Å². The van der Waals surface area contributed by atoms with E-state index in [0.717, 1.165) is 27.8 Å². The molecule has 5 rings (SSSR count). The molecule has 1 aliphatic rings. The van der Waals surface area contributed by atoms with Gasteiger partial charge < -0.3 is 9.32 Å². The molecule has 160 valence electrons.